The second-order valence-corrected chi connectivity index (χ2v) is 3.49. The van der Waals surface area contributed by atoms with Crippen molar-refractivity contribution < 1.29 is 22.0 Å². The maximum absolute atomic E-state index is 13.2. The van der Waals surface area contributed by atoms with Crippen LogP contribution >= 0.6 is 11.6 Å². The van der Waals surface area contributed by atoms with Gasteiger partial charge in [0, 0.05) is 5.56 Å². The van der Waals surface area contributed by atoms with Gasteiger partial charge in [0.2, 0.25) is 0 Å². The molecule has 2 rings (SSSR count). The van der Waals surface area contributed by atoms with Crippen molar-refractivity contribution in [2.75, 3.05) is 0 Å². The molecule has 2 nitrogen and oxygen atoms in total. The summed E-state index contributed by atoms with van der Waals surface area (Å²) in [6.45, 7) is 0. The highest BCUT2D eigenvalue weighted by Gasteiger charge is 2.34. The molecule has 0 aliphatic heterocycles. The topological polar surface area (TPSA) is 26.0 Å². The van der Waals surface area contributed by atoms with Gasteiger partial charge in [-0.1, -0.05) is 6.07 Å². The fraction of sp³-hybridized carbons (Fsp3) is 0.100. The third-order valence-corrected chi connectivity index (χ3v) is 2.21. The molecule has 0 radical (unpaired) electrons. The van der Waals surface area contributed by atoms with Crippen LogP contribution in [0.25, 0.3) is 11.3 Å². The SMILES string of the molecule is Fc1cc(-c2cnc(Cl)o2)ccc1C(F)(F)F. The van der Waals surface area contributed by atoms with Gasteiger partial charge in [-0.15, -0.1) is 0 Å². The molecule has 0 saturated heterocycles. The summed E-state index contributed by atoms with van der Waals surface area (Å²) >= 11 is 5.40. The Morgan fingerprint density at radius 2 is 1.94 bits per heavy atom. The molecule has 0 N–H and O–H groups in total. The lowest BCUT2D eigenvalue weighted by molar-refractivity contribution is -0.139. The Balaban J connectivity index is 2.44. The molecule has 1 aromatic heterocycles. The molecule has 0 atom stereocenters. The average Bonchev–Trinajstić information content (AvgIpc) is 2.62. The number of hydrogen-bond donors (Lipinski definition) is 0. The monoisotopic (exact) mass is 265 g/mol. The zero-order valence-electron chi connectivity index (χ0n) is 8.05. The van der Waals surface area contributed by atoms with Crippen LogP contribution in [-0.4, -0.2) is 4.98 Å². The summed E-state index contributed by atoms with van der Waals surface area (Å²) in [6, 6.07) is 2.45. The lowest BCUT2D eigenvalue weighted by Crippen LogP contribution is -2.07. The van der Waals surface area contributed by atoms with Gasteiger partial charge in [-0.2, -0.15) is 13.2 Å². The summed E-state index contributed by atoms with van der Waals surface area (Å²) in [5.74, 6) is -1.27. The van der Waals surface area contributed by atoms with Gasteiger partial charge < -0.3 is 4.42 Å². The van der Waals surface area contributed by atoms with Gasteiger partial charge in [0.05, 0.1) is 11.8 Å². The predicted molar refractivity (Wildman–Crippen MR) is 51.9 cm³/mol. The molecule has 0 aliphatic rings. The minimum Gasteiger partial charge on any atom is -0.428 e. The quantitative estimate of drug-likeness (QED) is 0.724. The Hall–Kier alpha value is -1.56. The summed E-state index contributed by atoms with van der Waals surface area (Å²) in [7, 11) is 0. The normalized spacial score (nSPS) is 11.8. The summed E-state index contributed by atoms with van der Waals surface area (Å²) in [4.78, 5) is 3.55. The van der Waals surface area contributed by atoms with Crippen LogP contribution in [0.4, 0.5) is 17.6 Å². The van der Waals surface area contributed by atoms with Crippen molar-refractivity contribution in [1.29, 1.82) is 0 Å². The first kappa shape index (κ1) is 11.9. The number of hydrogen-bond acceptors (Lipinski definition) is 2. The van der Waals surface area contributed by atoms with E-state index in [1.54, 1.807) is 0 Å². The first-order valence-electron chi connectivity index (χ1n) is 4.36. The highest BCUT2D eigenvalue weighted by molar-refractivity contribution is 6.27. The molecule has 0 fully saturated rings. The third kappa shape index (κ3) is 2.41. The Morgan fingerprint density at radius 1 is 1.24 bits per heavy atom. The minimum atomic E-state index is -4.72. The molecule has 0 unspecified atom stereocenters. The van der Waals surface area contributed by atoms with Gasteiger partial charge >= 0.3 is 6.18 Å². The average molecular weight is 266 g/mol. The van der Waals surface area contributed by atoms with E-state index in [1.807, 2.05) is 0 Å². The van der Waals surface area contributed by atoms with E-state index in [9.17, 15) is 17.6 Å². The van der Waals surface area contributed by atoms with Crippen LogP contribution in [-0.2, 0) is 6.18 Å². The van der Waals surface area contributed by atoms with Gasteiger partial charge in [0.25, 0.3) is 5.35 Å². The van der Waals surface area contributed by atoms with Crippen molar-refractivity contribution in [3.63, 3.8) is 0 Å². The predicted octanol–water partition coefficient (Wildman–Crippen LogP) is 4.15. The first-order valence-corrected chi connectivity index (χ1v) is 4.74. The van der Waals surface area contributed by atoms with Gasteiger partial charge in [0.15, 0.2) is 5.76 Å². The highest BCUT2D eigenvalue weighted by atomic mass is 35.5. The van der Waals surface area contributed by atoms with Crippen LogP contribution in [0.1, 0.15) is 5.56 Å². The molecule has 17 heavy (non-hydrogen) atoms. The highest BCUT2D eigenvalue weighted by Crippen LogP contribution is 2.33. The molecule has 0 spiro atoms. The summed E-state index contributed by atoms with van der Waals surface area (Å²) < 4.78 is 55.0. The second kappa shape index (κ2) is 4.03. The zero-order chi connectivity index (χ0) is 12.6. The molecular weight excluding hydrogens is 262 g/mol. The largest absolute Gasteiger partial charge is 0.428 e. The number of oxazole rings is 1. The van der Waals surface area contributed by atoms with Crippen molar-refractivity contribution >= 4 is 11.6 Å². The van der Waals surface area contributed by atoms with Gasteiger partial charge in [-0.05, 0) is 23.7 Å². The lowest BCUT2D eigenvalue weighted by atomic mass is 10.1. The second-order valence-electron chi connectivity index (χ2n) is 3.17. The molecule has 7 heteroatoms. The number of nitrogens with zero attached hydrogens (tertiary/aromatic N) is 1. The van der Waals surface area contributed by atoms with E-state index in [0.717, 1.165) is 12.1 Å². The van der Waals surface area contributed by atoms with Crippen molar-refractivity contribution in [3.8, 4) is 11.3 Å². The summed E-state index contributed by atoms with van der Waals surface area (Å²) in [5, 5.41) is -0.166. The Morgan fingerprint density at radius 3 is 2.41 bits per heavy atom. The minimum absolute atomic E-state index is 0.0997. The molecule has 0 aliphatic carbocycles. The van der Waals surface area contributed by atoms with Crippen LogP contribution < -0.4 is 0 Å². The van der Waals surface area contributed by atoms with Crippen LogP contribution in [0.2, 0.25) is 5.35 Å². The van der Waals surface area contributed by atoms with E-state index in [0.29, 0.717) is 6.07 Å². The maximum Gasteiger partial charge on any atom is 0.419 e. The molecular formula is C10H4ClF4NO. The van der Waals surface area contributed by atoms with Crippen molar-refractivity contribution in [3.05, 3.63) is 41.1 Å². The van der Waals surface area contributed by atoms with E-state index >= 15 is 0 Å². The zero-order valence-corrected chi connectivity index (χ0v) is 8.81. The Kier molecular flexibility index (Phi) is 2.82. The third-order valence-electron chi connectivity index (χ3n) is 2.04. The van der Waals surface area contributed by atoms with Gasteiger partial charge in [-0.25, -0.2) is 9.37 Å². The van der Waals surface area contributed by atoms with E-state index in [1.165, 1.54) is 6.20 Å². The van der Waals surface area contributed by atoms with Gasteiger partial charge in [-0.3, -0.25) is 0 Å². The molecule has 0 saturated carbocycles. The summed E-state index contributed by atoms with van der Waals surface area (Å²) in [6.07, 6.45) is -3.52. The van der Waals surface area contributed by atoms with E-state index in [4.69, 9.17) is 16.0 Å². The number of alkyl halides is 3. The Labute approximate surface area is 97.8 Å². The van der Waals surface area contributed by atoms with E-state index in [-0.39, 0.29) is 16.7 Å². The van der Waals surface area contributed by atoms with Crippen molar-refractivity contribution in [2.24, 2.45) is 0 Å². The molecule has 0 amide bonds. The van der Waals surface area contributed by atoms with E-state index in [2.05, 4.69) is 4.98 Å². The molecule has 0 bridgehead atoms. The smallest absolute Gasteiger partial charge is 0.419 e. The molecule has 2 aromatic rings. The van der Waals surface area contributed by atoms with Crippen LogP contribution in [0.15, 0.2) is 28.8 Å². The van der Waals surface area contributed by atoms with Crippen LogP contribution in [0.5, 0.6) is 0 Å². The number of halogens is 5. The van der Waals surface area contributed by atoms with Crippen molar-refractivity contribution in [2.45, 2.75) is 6.18 Å². The molecule has 1 aromatic carbocycles. The van der Waals surface area contributed by atoms with Crippen LogP contribution in [0.3, 0.4) is 0 Å². The first-order chi connectivity index (χ1) is 7.88. The van der Waals surface area contributed by atoms with Gasteiger partial charge in [0.1, 0.15) is 5.82 Å². The molecule has 1 heterocycles. The fourth-order valence-electron chi connectivity index (χ4n) is 1.28. The lowest BCUT2D eigenvalue weighted by Gasteiger charge is -2.08. The number of aromatic nitrogens is 1. The van der Waals surface area contributed by atoms with Crippen molar-refractivity contribution in [1.82, 2.24) is 4.98 Å². The molecule has 90 valence electrons. The fourth-order valence-corrected chi connectivity index (χ4v) is 1.42. The summed E-state index contributed by atoms with van der Waals surface area (Å²) in [5.41, 5.74) is -1.19. The standard InChI is InChI=1S/C10H4ClF4NO/c11-9-16-4-8(17-9)5-1-2-6(7(12)3-5)10(13,14)15/h1-4H. The number of benzene rings is 1. The maximum atomic E-state index is 13.2. The Bertz CT molecular complexity index is 549. The van der Waals surface area contributed by atoms with Crippen LogP contribution in [0, 0.1) is 5.82 Å². The number of rotatable bonds is 1. The van der Waals surface area contributed by atoms with E-state index < -0.39 is 17.6 Å².